The molecule has 0 bridgehead atoms. The van der Waals surface area contributed by atoms with E-state index in [1.165, 1.54) is 4.90 Å². The van der Waals surface area contributed by atoms with Gasteiger partial charge in [-0.1, -0.05) is 0 Å². The van der Waals surface area contributed by atoms with Gasteiger partial charge >= 0.3 is 0 Å². The highest BCUT2D eigenvalue weighted by Gasteiger charge is 2.28. The molecule has 1 saturated heterocycles. The third-order valence-electron chi connectivity index (χ3n) is 2.74. The summed E-state index contributed by atoms with van der Waals surface area (Å²) in [6.45, 7) is 1.19. The first-order valence-electron chi connectivity index (χ1n) is 5.76. The Morgan fingerprint density at radius 2 is 2.11 bits per heavy atom. The average Bonchev–Trinajstić information content (AvgIpc) is 2.24. The van der Waals surface area contributed by atoms with Crippen LogP contribution in [0, 0.1) is 0 Å². The number of sulfone groups is 1. The Morgan fingerprint density at radius 1 is 1.44 bits per heavy atom. The number of rotatable bonds is 5. The highest BCUT2D eigenvalue weighted by molar-refractivity contribution is 7.91. The lowest BCUT2D eigenvalue weighted by molar-refractivity contribution is -0.135. The molecule has 0 saturated carbocycles. The summed E-state index contributed by atoms with van der Waals surface area (Å²) in [6.07, 6.45) is 2.62. The third-order valence-corrected chi connectivity index (χ3v) is 3.52. The zero-order chi connectivity index (χ0) is 13.8. The first-order valence-corrected chi connectivity index (χ1v) is 7.82. The maximum Gasteiger partial charge on any atom is 0.238 e. The number of hydrogen-bond donors (Lipinski definition) is 2. The lowest BCUT2D eigenvalue weighted by Gasteiger charge is -2.33. The zero-order valence-electron chi connectivity index (χ0n) is 10.4. The van der Waals surface area contributed by atoms with E-state index < -0.39 is 27.4 Å². The van der Waals surface area contributed by atoms with Gasteiger partial charge in [0.25, 0.3) is 0 Å². The standard InChI is InChI=1S/C10H19N3O4S/c1-18(16,17)7-10(15)13(6-9(11)14)8-3-2-4-12-5-8/h8,12H,2-7H2,1H3,(H2,11,14). The minimum Gasteiger partial charge on any atom is -0.368 e. The minimum absolute atomic E-state index is 0.166. The molecule has 1 rings (SSSR count). The third kappa shape index (κ3) is 5.01. The van der Waals surface area contributed by atoms with Gasteiger partial charge in [0.1, 0.15) is 5.75 Å². The molecule has 104 valence electrons. The van der Waals surface area contributed by atoms with Crippen LogP contribution >= 0.6 is 0 Å². The van der Waals surface area contributed by atoms with E-state index >= 15 is 0 Å². The van der Waals surface area contributed by atoms with E-state index in [1.54, 1.807) is 0 Å². The van der Waals surface area contributed by atoms with Crippen molar-refractivity contribution < 1.29 is 18.0 Å². The molecule has 1 heterocycles. The van der Waals surface area contributed by atoms with Gasteiger partial charge in [0.15, 0.2) is 9.84 Å². The molecule has 2 amide bonds. The first kappa shape index (κ1) is 14.9. The van der Waals surface area contributed by atoms with Crippen molar-refractivity contribution in [3.05, 3.63) is 0 Å². The van der Waals surface area contributed by atoms with Crippen molar-refractivity contribution in [2.45, 2.75) is 18.9 Å². The van der Waals surface area contributed by atoms with Crippen LogP contribution in [0.5, 0.6) is 0 Å². The van der Waals surface area contributed by atoms with Gasteiger partial charge in [0.05, 0.1) is 6.54 Å². The maximum absolute atomic E-state index is 11.9. The van der Waals surface area contributed by atoms with Gasteiger partial charge in [0.2, 0.25) is 11.8 Å². The SMILES string of the molecule is CS(=O)(=O)CC(=O)N(CC(N)=O)C1CCCNC1. The highest BCUT2D eigenvalue weighted by Crippen LogP contribution is 2.11. The zero-order valence-corrected chi connectivity index (χ0v) is 11.2. The van der Waals surface area contributed by atoms with Crippen molar-refractivity contribution in [1.82, 2.24) is 10.2 Å². The fourth-order valence-electron chi connectivity index (χ4n) is 2.00. The molecule has 18 heavy (non-hydrogen) atoms. The lowest BCUT2D eigenvalue weighted by Crippen LogP contribution is -2.52. The van der Waals surface area contributed by atoms with Gasteiger partial charge in [0, 0.05) is 18.8 Å². The molecule has 1 fully saturated rings. The number of carbonyl (C=O) groups is 2. The minimum atomic E-state index is -3.41. The Labute approximate surface area is 107 Å². The summed E-state index contributed by atoms with van der Waals surface area (Å²) in [4.78, 5) is 24.2. The number of nitrogens with two attached hydrogens (primary N) is 1. The fourth-order valence-corrected chi connectivity index (χ4v) is 2.61. The van der Waals surface area contributed by atoms with Crippen molar-refractivity contribution in [2.24, 2.45) is 5.73 Å². The van der Waals surface area contributed by atoms with Crippen LogP contribution in [0.25, 0.3) is 0 Å². The number of amides is 2. The number of hydrogen-bond acceptors (Lipinski definition) is 5. The molecule has 0 aliphatic carbocycles. The van der Waals surface area contributed by atoms with Gasteiger partial charge in [-0.05, 0) is 19.4 Å². The molecule has 1 unspecified atom stereocenters. The molecule has 0 aromatic heterocycles. The summed E-state index contributed by atoms with van der Waals surface area (Å²) in [5.74, 6) is -1.79. The number of primary amides is 1. The van der Waals surface area contributed by atoms with Gasteiger partial charge in [-0.3, -0.25) is 9.59 Å². The van der Waals surface area contributed by atoms with Gasteiger partial charge in [-0.25, -0.2) is 8.42 Å². The Hall–Kier alpha value is -1.15. The van der Waals surface area contributed by atoms with Gasteiger partial charge in [-0.2, -0.15) is 0 Å². The fraction of sp³-hybridized carbons (Fsp3) is 0.800. The van der Waals surface area contributed by atoms with E-state index in [-0.39, 0.29) is 12.6 Å². The molecule has 1 atom stereocenters. The molecule has 7 nitrogen and oxygen atoms in total. The van der Waals surface area contributed by atoms with E-state index in [9.17, 15) is 18.0 Å². The normalized spacial score (nSPS) is 20.4. The number of nitrogens with one attached hydrogen (secondary N) is 1. The molecule has 0 aromatic carbocycles. The molecular weight excluding hydrogens is 258 g/mol. The van der Waals surface area contributed by atoms with Crippen LogP contribution in [-0.4, -0.2) is 62.8 Å². The molecule has 8 heteroatoms. The summed E-state index contributed by atoms with van der Waals surface area (Å²) in [5, 5.41) is 3.11. The van der Waals surface area contributed by atoms with E-state index in [0.29, 0.717) is 6.54 Å². The van der Waals surface area contributed by atoms with Crippen LogP contribution < -0.4 is 11.1 Å². The second-order valence-corrected chi connectivity index (χ2v) is 6.70. The average molecular weight is 277 g/mol. The van der Waals surface area contributed by atoms with E-state index in [2.05, 4.69) is 5.32 Å². The summed E-state index contributed by atoms with van der Waals surface area (Å²) in [7, 11) is -3.41. The number of nitrogens with zero attached hydrogens (tertiary/aromatic N) is 1. The van der Waals surface area contributed by atoms with E-state index in [0.717, 1.165) is 25.6 Å². The molecule has 1 aliphatic heterocycles. The second-order valence-electron chi connectivity index (χ2n) is 4.56. The Bertz CT molecular complexity index is 415. The summed E-state index contributed by atoms with van der Waals surface area (Å²) in [6, 6.07) is -0.166. The molecule has 0 spiro atoms. The van der Waals surface area contributed by atoms with Crippen LogP contribution in [-0.2, 0) is 19.4 Å². The summed E-state index contributed by atoms with van der Waals surface area (Å²) < 4.78 is 22.3. The van der Waals surface area contributed by atoms with Crippen molar-refractivity contribution in [3.63, 3.8) is 0 Å². The van der Waals surface area contributed by atoms with Crippen LogP contribution in [0.15, 0.2) is 0 Å². The Kier molecular flexibility index (Phi) is 5.09. The van der Waals surface area contributed by atoms with Crippen molar-refractivity contribution in [1.29, 1.82) is 0 Å². The highest BCUT2D eigenvalue weighted by atomic mass is 32.2. The van der Waals surface area contributed by atoms with Crippen LogP contribution in [0.3, 0.4) is 0 Å². The summed E-state index contributed by atoms with van der Waals surface area (Å²) >= 11 is 0. The maximum atomic E-state index is 11.9. The monoisotopic (exact) mass is 277 g/mol. The summed E-state index contributed by atoms with van der Waals surface area (Å²) in [5.41, 5.74) is 5.10. The molecule has 0 aromatic rings. The van der Waals surface area contributed by atoms with Crippen LogP contribution in [0.4, 0.5) is 0 Å². The smallest absolute Gasteiger partial charge is 0.238 e. The van der Waals surface area contributed by atoms with Crippen molar-refractivity contribution >= 4 is 21.7 Å². The topological polar surface area (TPSA) is 110 Å². The van der Waals surface area contributed by atoms with Crippen molar-refractivity contribution in [2.75, 3.05) is 31.6 Å². The molecule has 0 radical (unpaired) electrons. The molecule has 1 aliphatic rings. The van der Waals surface area contributed by atoms with Gasteiger partial charge < -0.3 is 16.0 Å². The van der Waals surface area contributed by atoms with E-state index in [1.807, 2.05) is 0 Å². The molecular formula is C10H19N3O4S. The molecule has 3 N–H and O–H groups in total. The quantitative estimate of drug-likeness (QED) is 0.610. The van der Waals surface area contributed by atoms with Crippen LogP contribution in [0.1, 0.15) is 12.8 Å². The predicted molar refractivity (Wildman–Crippen MR) is 66.5 cm³/mol. The van der Waals surface area contributed by atoms with E-state index in [4.69, 9.17) is 5.73 Å². The van der Waals surface area contributed by atoms with Crippen LogP contribution in [0.2, 0.25) is 0 Å². The largest absolute Gasteiger partial charge is 0.368 e. The van der Waals surface area contributed by atoms with Crippen molar-refractivity contribution in [3.8, 4) is 0 Å². The Morgan fingerprint density at radius 3 is 2.56 bits per heavy atom. The van der Waals surface area contributed by atoms with Gasteiger partial charge in [-0.15, -0.1) is 0 Å². The second kappa shape index (κ2) is 6.14. The lowest BCUT2D eigenvalue weighted by atomic mass is 10.1. The first-order chi connectivity index (χ1) is 8.29. The number of carbonyl (C=O) groups excluding carboxylic acids is 2. The predicted octanol–water partition coefficient (Wildman–Crippen LogP) is -1.90. The number of piperidine rings is 1. The Balaban J connectivity index is 2.76.